The van der Waals surface area contributed by atoms with E-state index in [1.54, 1.807) is 18.2 Å². The number of hydrogen-bond donors (Lipinski definition) is 1. The summed E-state index contributed by atoms with van der Waals surface area (Å²) in [5.41, 5.74) is -1.19. The van der Waals surface area contributed by atoms with Crippen molar-refractivity contribution in [1.29, 1.82) is 0 Å². The lowest BCUT2D eigenvalue weighted by atomic mass is 9.90. The third-order valence-electron chi connectivity index (χ3n) is 13.4. The van der Waals surface area contributed by atoms with Gasteiger partial charge in [0.05, 0.1) is 42.3 Å². The summed E-state index contributed by atoms with van der Waals surface area (Å²) in [6.07, 6.45) is 12.7. The molecule has 2 aliphatic heterocycles. The standard InChI is InChI=1S/C44H60N4O10S/c1-4-6-7-9-15-29-23-38(50)58-36-18-12-16-28(36)14-10-8-11-22-47-41(52)39-33(17-13-19-37(39)56-3)45-43(47)57-31-24-34(48(27-31)40(29)51)35(49)26-44(25-30(44)5-2)42(53)46-59(54,55)32-20-21-32/h8,11,13,17,19,28-32,34,36H,4-7,9-10,12,14-16,18,20-27H2,1-3H3,(H,46,53)/b11-8+/t28-,29-,30+,31-,34+,36-,44-/m1/s1. The van der Waals surface area contributed by atoms with E-state index in [-0.39, 0.29) is 73.6 Å². The summed E-state index contributed by atoms with van der Waals surface area (Å²) >= 11 is 0. The predicted octanol–water partition coefficient (Wildman–Crippen LogP) is 5.78. The topological polar surface area (TPSA) is 180 Å². The molecule has 2 amide bonds. The molecule has 7 atom stereocenters. The molecule has 2 aromatic rings. The Morgan fingerprint density at radius 1 is 1.02 bits per heavy atom. The van der Waals surface area contributed by atoms with Crippen LogP contribution in [-0.4, -0.2) is 83.6 Å². The summed E-state index contributed by atoms with van der Waals surface area (Å²) < 4.78 is 47.7. The van der Waals surface area contributed by atoms with E-state index in [0.717, 1.165) is 57.8 Å². The number of esters is 1. The highest BCUT2D eigenvalue weighted by molar-refractivity contribution is 7.90. The Morgan fingerprint density at radius 2 is 1.83 bits per heavy atom. The number of sulfonamides is 1. The summed E-state index contributed by atoms with van der Waals surface area (Å²) in [7, 11) is -2.36. The number of allylic oxidation sites excluding steroid dienone is 2. The molecule has 1 aromatic heterocycles. The largest absolute Gasteiger partial charge is 0.496 e. The summed E-state index contributed by atoms with van der Waals surface area (Å²) in [6.45, 7) is 4.14. The maximum atomic E-state index is 14.9. The highest BCUT2D eigenvalue weighted by Gasteiger charge is 2.61. The predicted molar refractivity (Wildman–Crippen MR) is 220 cm³/mol. The zero-order valence-corrected chi connectivity index (χ0v) is 35.5. The van der Waals surface area contributed by atoms with Crippen LogP contribution in [0.5, 0.6) is 11.8 Å². The Morgan fingerprint density at radius 3 is 2.56 bits per heavy atom. The lowest BCUT2D eigenvalue weighted by Gasteiger charge is -2.29. The molecule has 3 aliphatic carbocycles. The number of unbranched alkanes of at least 4 members (excludes halogenated alkanes) is 3. The minimum absolute atomic E-state index is 0.0191. The van der Waals surface area contributed by atoms with Gasteiger partial charge in [-0.05, 0) is 81.8 Å². The number of hydrogen-bond acceptors (Lipinski definition) is 11. The normalized spacial score (nSPS) is 29.4. The number of nitrogens with one attached hydrogen (secondary N) is 1. The SMILES string of the molecule is CCCCCC[C@@H]1CC(=O)O[C@@H]2CCC[C@H]2CC/C=C/Cn2c(nc3cccc(OC)c3c2=O)O[C@@H]2C[C@@H](C(=O)C[C@]3(C(=O)NS(=O)(=O)C4CC4)C[C@@H]3CC)N(C2)C1=O. The fraction of sp³-hybridized carbons (Fsp3) is 0.682. The number of Topliss-reactive ketones (excluding diaryl/α,β-unsaturated/α-hetero) is 1. The fourth-order valence-corrected chi connectivity index (χ4v) is 11.1. The molecule has 14 nitrogen and oxygen atoms in total. The van der Waals surface area contributed by atoms with E-state index in [0.29, 0.717) is 48.8 Å². The number of aromatic nitrogens is 2. The average molecular weight is 837 g/mol. The summed E-state index contributed by atoms with van der Waals surface area (Å²) in [4.78, 5) is 77.4. The van der Waals surface area contributed by atoms with Crippen molar-refractivity contribution in [3.63, 3.8) is 0 Å². The van der Waals surface area contributed by atoms with E-state index in [1.165, 1.54) is 16.6 Å². The monoisotopic (exact) mass is 836 g/mol. The van der Waals surface area contributed by atoms with Crippen molar-refractivity contribution < 1.29 is 41.8 Å². The number of ether oxygens (including phenoxy) is 3. The van der Waals surface area contributed by atoms with Crippen LogP contribution in [-0.2, 0) is 40.5 Å². The highest BCUT2D eigenvalue weighted by atomic mass is 32.2. The first kappa shape index (κ1) is 42.8. The molecule has 1 saturated heterocycles. The molecule has 2 bridgehead atoms. The van der Waals surface area contributed by atoms with E-state index >= 15 is 0 Å². The molecule has 1 N–H and O–H groups in total. The Hall–Kier alpha value is -4.27. The van der Waals surface area contributed by atoms with Crippen LogP contribution in [0.2, 0.25) is 0 Å². The first-order valence-corrected chi connectivity index (χ1v) is 23.4. The quantitative estimate of drug-likeness (QED) is 0.147. The zero-order valence-electron chi connectivity index (χ0n) is 34.7. The van der Waals surface area contributed by atoms with Crippen LogP contribution in [0.3, 0.4) is 0 Å². The number of benzene rings is 1. The lowest BCUT2D eigenvalue weighted by Crippen LogP contribution is -2.46. The van der Waals surface area contributed by atoms with E-state index in [1.807, 2.05) is 19.1 Å². The van der Waals surface area contributed by atoms with Gasteiger partial charge >= 0.3 is 5.97 Å². The maximum absolute atomic E-state index is 14.9. The van der Waals surface area contributed by atoms with Crippen LogP contribution in [0, 0.1) is 23.2 Å². The van der Waals surface area contributed by atoms with Crippen LogP contribution < -0.4 is 19.8 Å². The van der Waals surface area contributed by atoms with Gasteiger partial charge in [-0.2, -0.15) is 4.98 Å². The second-order valence-corrected chi connectivity index (χ2v) is 19.4. The van der Waals surface area contributed by atoms with Gasteiger partial charge in [-0.15, -0.1) is 0 Å². The van der Waals surface area contributed by atoms with Crippen LogP contribution >= 0.6 is 0 Å². The molecule has 7 rings (SSSR count). The molecular weight excluding hydrogens is 777 g/mol. The van der Waals surface area contributed by atoms with E-state index in [4.69, 9.17) is 19.2 Å². The molecule has 0 radical (unpaired) electrons. The number of ketones is 1. The molecule has 3 heterocycles. The van der Waals surface area contributed by atoms with Gasteiger partial charge in [0.1, 0.15) is 23.3 Å². The number of fused-ring (bicyclic) bond motifs is 5. The van der Waals surface area contributed by atoms with Crippen molar-refractivity contribution in [3.8, 4) is 11.8 Å². The van der Waals surface area contributed by atoms with Crippen molar-refractivity contribution in [2.24, 2.45) is 23.2 Å². The summed E-state index contributed by atoms with van der Waals surface area (Å²) in [6, 6.07) is 4.16. The Kier molecular flexibility index (Phi) is 13.2. The Bertz CT molecular complexity index is 2110. The maximum Gasteiger partial charge on any atom is 0.306 e. The Balaban J connectivity index is 1.24. The molecular formula is C44H60N4O10S. The van der Waals surface area contributed by atoms with Crippen LogP contribution in [0.15, 0.2) is 35.1 Å². The minimum atomic E-state index is -3.85. The van der Waals surface area contributed by atoms with Gasteiger partial charge in [-0.1, -0.05) is 64.2 Å². The number of carbonyl (C=O) groups is 4. The van der Waals surface area contributed by atoms with E-state index in [2.05, 4.69) is 11.6 Å². The molecule has 0 unspecified atom stereocenters. The molecule has 3 saturated carbocycles. The van der Waals surface area contributed by atoms with Gasteiger partial charge in [0.25, 0.3) is 11.6 Å². The van der Waals surface area contributed by atoms with E-state index in [9.17, 15) is 32.4 Å². The second kappa shape index (κ2) is 18.1. The van der Waals surface area contributed by atoms with Crippen molar-refractivity contribution in [3.05, 3.63) is 40.7 Å². The molecule has 15 heteroatoms. The first-order chi connectivity index (χ1) is 28.4. The van der Waals surface area contributed by atoms with Crippen LogP contribution in [0.25, 0.3) is 10.9 Å². The second-order valence-electron chi connectivity index (χ2n) is 17.4. The van der Waals surface area contributed by atoms with Gasteiger partial charge in [-0.3, -0.25) is 33.3 Å². The van der Waals surface area contributed by atoms with Crippen LogP contribution in [0.1, 0.15) is 123 Å². The molecule has 1 aromatic carbocycles. The molecule has 5 aliphatic rings. The molecule has 0 spiro atoms. The molecule has 59 heavy (non-hydrogen) atoms. The van der Waals surface area contributed by atoms with Gasteiger partial charge < -0.3 is 19.1 Å². The highest BCUT2D eigenvalue weighted by Crippen LogP contribution is 2.58. The summed E-state index contributed by atoms with van der Waals surface area (Å²) in [5.74, 6) is -2.20. The summed E-state index contributed by atoms with van der Waals surface area (Å²) in [5, 5.41) is -0.298. The van der Waals surface area contributed by atoms with Crippen molar-refractivity contribution in [1.82, 2.24) is 19.2 Å². The van der Waals surface area contributed by atoms with E-state index < -0.39 is 50.6 Å². The van der Waals surface area contributed by atoms with Crippen molar-refractivity contribution in [2.75, 3.05) is 13.7 Å². The van der Waals surface area contributed by atoms with Gasteiger partial charge in [0.15, 0.2) is 5.78 Å². The van der Waals surface area contributed by atoms with Crippen molar-refractivity contribution in [2.45, 2.75) is 153 Å². The van der Waals surface area contributed by atoms with Gasteiger partial charge in [-0.25, -0.2) is 8.42 Å². The number of carbonyl (C=O) groups excluding carboxylic acids is 4. The fourth-order valence-electron chi connectivity index (χ4n) is 9.71. The smallest absolute Gasteiger partial charge is 0.306 e. The Labute approximate surface area is 346 Å². The molecule has 322 valence electrons. The number of amides is 2. The number of nitrogens with zero attached hydrogens (tertiary/aromatic N) is 3. The number of methoxy groups -OCH3 is 1. The van der Waals surface area contributed by atoms with Crippen molar-refractivity contribution >= 4 is 44.5 Å². The molecule has 4 fully saturated rings. The third kappa shape index (κ3) is 9.39. The zero-order chi connectivity index (χ0) is 41.9. The van der Waals surface area contributed by atoms with Gasteiger partial charge in [0, 0.05) is 25.3 Å². The minimum Gasteiger partial charge on any atom is -0.496 e. The third-order valence-corrected chi connectivity index (χ3v) is 15.2. The first-order valence-electron chi connectivity index (χ1n) is 21.9. The lowest BCUT2D eigenvalue weighted by molar-refractivity contribution is -0.155. The van der Waals surface area contributed by atoms with Crippen LogP contribution in [0.4, 0.5) is 0 Å². The van der Waals surface area contributed by atoms with Gasteiger partial charge in [0.2, 0.25) is 21.8 Å². The average Bonchev–Trinajstić information content (AvgIpc) is 4.11. The number of rotatable bonds is 13.